The number of pyridine rings is 1. The van der Waals surface area contributed by atoms with Crippen molar-refractivity contribution in [1.29, 1.82) is 0 Å². The molecule has 2 heterocycles. The molecule has 0 aliphatic carbocycles. The Morgan fingerprint density at radius 3 is 2.56 bits per heavy atom. The van der Waals surface area contributed by atoms with Crippen LogP contribution < -0.4 is 0 Å². The van der Waals surface area contributed by atoms with Crippen LogP contribution in [0, 0.1) is 5.82 Å². The lowest BCUT2D eigenvalue weighted by Crippen LogP contribution is -1.98. The summed E-state index contributed by atoms with van der Waals surface area (Å²) in [7, 11) is -3.28. The lowest BCUT2D eigenvalue weighted by Gasteiger charge is -1.98. The van der Waals surface area contributed by atoms with Gasteiger partial charge < -0.3 is 0 Å². The van der Waals surface area contributed by atoms with E-state index in [0.717, 1.165) is 12.5 Å². The van der Waals surface area contributed by atoms with E-state index in [1.54, 1.807) is 0 Å². The molecule has 7 heteroatoms. The molecule has 0 radical (unpaired) electrons. The normalized spacial score (nSPS) is 11.6. The van der Waals surface area contributed by atoms with Crippen molar-refractivity contribution >= 4 is 9.84 Å². The fraction of sp³-hybridized carbons (Fsp3) is 0.111. The van der Waals surface area contributed by atoms with Gasteiger partial charge in [-0.05, 0) is 12.1 Å². The molecule has 2 rings (SSSR count). The summed E-state index contributed by atoms with van der Waals surface area (Å²) in [4.78, 5) is 3.87. The largest absolute Gasteiger partial charge is 0.234 e. The molecule has 5 nitrogen and oxygen atoms in total. The second-order valence-corrected chi connectivity index (χ2v) is 5.24. The van der Waals surface area contributed by atoms with Crippen molar-refractivity contribution in [1.82, 2.24) is 14.8 Å². The Morgan fingerprint density at radius 2 is 2.06 bits per heavy atom. The molecule has 0 aliphatic rings. The van der Waals surface area contributed by atoms with Gasteiger partial charge >= 0.3 is 0 Å². The molecule has 2 aromatic rings. The quantitative estimate of drug-likeness (QED) is 0.780. The molecule has 84 valence electrons. The summed E-state index contributed by atoms with van der Waals surface area (Å²) < 4.78 is 36.3. The minimum absolute atomic E-state index is 0.0959. The van der Waals surface area contributed by atoms with Crippen LogP contribution in [-0.2, 0) is 9.84 Å². The topological polar surface area (TPSA) is 64.8 Å². The maximum Gasteiger partial charge on any atom is 0.178 e. The van der Waals surface area contributed by atoms with Crippen LogP contribution >= 0.6 is 0 Å². The van der Waals surface area contributed by atoms with Crippen LogP contribution in [0.1, 0.15) is 0 Å². The Kier molecular flexibility index (Phi) is 2.47. The van der Waals surface area contributed by atoms with Crippen molar-refractivity contribution in [3.05, 3.63) is 36.5 Å². The minimum Gasteiger partial charge on any atom is -0.234 e. The van der Waals surface area contributed by atoms with Gasteiger partial charge in [-0.3, -0.25) is 0 Å². The molecule has 0 amide bonds. The summed E-state index contributed by atoms with van der Waals surface area (Å²) in [6.45, 7) is 0. The first-order valence-electron chi connectivity index (χ1n) is 4.33. The summed E-state index contributed by atoms with van der Waals surface area (Å²) in [5.41, 5.74) is 0. The Bertz CT molecular complexity index is 604. The number of aromatic nitrogens is 3. The van der Waals surface area contributed by atoms with Crippen LogP contribution in [0.25, 0.3) is 5.82 Å². The second kappa shape index (κ2) is 3.67. The maximum absolute atomic E-state index is 12.6. The van der Waals surface area contributed by atoms with E-state index >= 15 is 0 Å². The third-order valence-electron chi connectivity index (χ3n) is 1.93. The van der Waals surface area contributed by atoms with Crippen molar-refractivity contribution in [3.8, 4) is 5.82 Å². The van der Waals surface area contributed by atoms with Gasteiger partial charge in [-0.25, -0.2) is 22.5 Å². The smallest absolute Gasteiger partial charge is 0.178 e. The molecule has 2 aromatic heterocycles. The van der Waals surface area contributed by atoms with Crippen LogP contribution in [0.2, 0.25) is 0 Å². The Hall–Kier alpha value is -1.76. The van der Waals surface area contributed by atoms with Crippen LogP contribution in [-0.4, -0.2) is 29.4 Å². The molecule has 0 N–H and O–H groups in total. The molecule has 0 aromatic carbocycles. The van der Waals surface area contributed by atoms with Gasteiger partial charge in [0, 0.05) is 6.26 Å². The highest BCUT2D eigenvalue weighted by molar-refractivity contribution is 7.90. The summed E-state index contributed by atoms with van der Waals surface area (Å²) in [5.74, 6) is -0.101. The van der Waals surface area contributed by atoms with Gasteiger partial charge in [0.1, 0.15) is 10.7 Å². The van der Waals surface area contributed by atoms with Crippen molar-refractivity contribution in [2.24, 2.45) is 0 Å². The first kappa shape index (κ1) is 10.7. The number of nitrogens with zero attached hydrogens (tertiary/aromatic N) is 3. The van der Waals surface area contributed by atoms with Crippen molar-refractivity contribution in [2.75, 3.05) is 6.26 Å². The fourth-order valence-electron chi connectivity index (χ4n) is 1.13. The van der Waals surface area contributed by atoms with Crippen LogP contribution in [0.3, 0.4) is 0 Å². The summed E-state index contributed by atoms with van der Waals surface area (Å²) in [5, 5.41) is 3.84. The average molecular weight is 241 g/mol. The number of hydrogen-bond acceptors (Lipinski definition) is 4. The minimum atomic E-state index is -3.28. The highest BCUT2D eigenvalue weighted by Crippen LogP contribution is 2.10. The highest BCUT2D eigenvalue weighted by Gasteiger charge is 2.10. The van der Waals surface area contributed by atoms with E-state index in [1.807, 2.05) is 0 Å². The van der Waals surface area contributed by atoms with Gasteiger partial charge in [0.2, 0.25) is 0 Å². The molecule has 0 unspecified atom stereocenters. The van der Waals surface area contributed by atoms with Crippen molar-refractivity contribution in [3.63, 3.8) is 0 Å². The number of sulfone groups is 1. The van der Waals surface area contributed by atoms with Gasteiger partial charge in [-0.15, -0.1) is 0 Å². The second-order valence-electron chi connectivity index (χ2n) is 3.23. The molecule has 0 saturated heterocycles. The Balaban J connectivity index is 2.43. The summed E-state index contributed by atoms with van der Waals surface area (Å²) in [6.07, 6.45) is 4.68. The molecule has 0 bridgehead atoms. The van der Waals surface area contributed by atoms with Gasteiger partial charge in [-0.1, -0.05) is 0 Å². The molecular weight excluding hydrogens is 233 g/mol. The van der Waals surface area contributed by atoms with E-state index < -0.39 is 15.7 Å². The summed E-state index contributed by atoms with van der Waals surface area (Å²) >= 11 is 0. The molecule has 0 fully saturated rings. The van der Waals surface area contributed by atoms with Crippen LogP contribution in [0.15, 0.2) is 35.6 Å². The first-order valence-corrected chi connectivity index (χ1v) is 6.22. The van der Waals surface area contributed by atoms with E-state index in [4.69, 9.17) is 0 Å². The van der Waals surface area contributed by atoms with E-state index in [2.05, 4.69) is 10.1 Å². The van der Waals surface area contributed by atoms with Gasteiger partial charge in [0.25, 0.3) is 0 Å². The molecular formula is C9H8FN3O2S. The predicted molar refractivity (Wildman–Crippen MR) is 54.4 cm³/mol. The third kappa shape index (κ3) is 2.08. The SMILES string of the molecule is CS(=O)(=O)c1cnn(-c2ccc(F)cn2)c1. The zero-order valence-electron chi connectivity index (χ0n) is 8.33. The van der Waals surface area contributed by atoms with Crippen molar-refractivity contribution < 1.29 is 12.8 Å². The zero-order valence-corrected chi connectivity index (χ0v) is 9.15. The number of halogens is 1. The first-order chi connectivity index (χ1) is 7.47. The summed E-state index contributed by atoms with van der Waals surface area (Å²) in [6, 6.07) is 2.64. The van der Waals surface area contributed by atoms with Crippen LogP contribution in [0.4, 0.5) is 4.39 Å². The Morgan fingerprint density at radius 1 is 1.31 bits per heavy atom. The maximum atomic E-state index is 12.6. The monoisotopic (exact) mass is 241 g/mol. The van der Waals surface area contributed by atoms with Crippen molar-refractivity contribution in [2.45, 2.75) is 4.90 Å². The highest BCUT2D eigenvalue weighted by atomic mass is 32.2. The van der Waals surface area contributed by atoms with E-state index in [1.165, 1.54) is 29.2 Å². The molecule has 0 aliphatic heterocycles. The predicted octanol–water partition coefficient (Wildman–Crippen LogP) is 0.810. The van der Waals surface area contributed by atoms with Crippen LogP contribution in [0.5, 0.6) is 0 Å². The number of hydrogen-bond donors (Lipinski definition) is 0. The van der Waals surface area contributed by atoms with E-state index in [0.29, 0.717) is 5.82 Å². The van der Waals surface area contributed by atoms with Gasteiger partial charge in [0.05, 0.1) is 18.6 Å². The van der Waals surface area contributed by atoms with Gasteiger partial charge in [-0.2, -0.15) is 5.10 Å². The Labute approximate surface area is 91.5 Å². The average Bonchev–Trinajstić information content (AvgIpc) is 2.67. The van der Waals surface area contributed by atoms with E-state index in [-0.39, 0.29) is 4.90 Å². The number of rotatable bonds is 2. The molecule has 0 saturated carbocycles. The lowest BCUT2D eigenvalue weighted by atomic mass is 10.4. The van der Waals surface area contributed by atoms with E-state index in [9.17, 15) is 12.8 Å². The lowest BCUT2D eigenvalue weighted by molar-refractivity contribution is 0.601. The molecule has 0 atom stereocenters. The van der Waals surface area contributed by atoms with Gasteiger partial charge in [0.15, 0.2) is 15.7 Å². The molecule has 16 heavy (non-hydrogen) atoms. The standard InChI is InChI=1S/C9H8FN3O2S/c1-16(14,15)8-5-12-13(6-8)9-3-2-7(10)4-11-9/h2-6H,1H3. The molecule has 0 spiro atoms. The zero-order chi connectivity index (χ0) is 11.8. The third-order valence-corrected chi connectivity index (χ3v) is 3.00. The fourth-order valence-corrected chi connectivity index (χ4v) is 1.66.